The van der Waals surface area contributed by atoms with Crippen molar-refractivity contribution >= 4 is 37.5 Å². The Bertz CT molecular complexity index is 489. The second kappa shape index (κ2) is 7.53. The first kappa shape index (κ1) is 16.0. The van der Waals surface area contributed by atoms with E-state index in [0.717, 1.165) is 22.5 Å². The molecule has 0 unspecified atom stereocenters. The van der Waals surface area contributed by atoms with Gasteiger partial charge in [0.15, 0.2) is 0 Å². The maximum absolute atomic E-state index is 11.0. The first-order chi connectivity index (χ1) is 8.42. The van der Waals surface area contributed by atoms with E-state index in [1.807, 2.05) is 6.07 Å². The molecule has 0 radical (unpaired) electrons. The van der Waals surface area contributed by atoms with Crippen molar-refractivity contribution in [1.29, 1.82) is 0 Å². The zero-order valence-corrected chi connectivity index (χ0v) is 13.8. The quantitative estimate of drug-likeness (QED) is 0.767. The molecule has 1 rings (SSSR count). The summed E-state index contributed by atoms with van der Waals surface area (Å²) in [5.74, 6) is 0.799. The first-order valence-corrected chi connectivity index (χ1v) is 9.56. The number of nitrogens with one attached hydrogen (secondary N) is 1. The molecule has 18 heavy (non-hydrogen) atoms. The third kappa shape index (κ3) is 6.22. The lowest BCUT2D eigenvalue weighted by Crippen LogP contribution is -2.11. The summed E-state index contributed by atoms with van der Waals surface area (Å²) in [5.41, 5.74) is 1.22. The maximum atomic E-state index is 11.0. The van der Waals surface area contributed by atoms with E-state index in [2.05, 4.69) is 40.3 Å². The van der Waals surface area contributed by atoms with Gasteiger partial charge in [-0.05, 0) is 40.2 Å². The van der Waals surface area contributed by atoms with E-state index >= 15 is 0 Å². The maximum Gasteiger partial charge on any atom is 0.148 e. The minimum Gasteiger partial charge on any atom is -0.313 e. The molecule has 0 heterocycles. The van der Waals surface area contributed by atoms with E-state index in [1.54, 1.807) is 11.8 Å². The lowest BCUT2D eigenvalue weighted by Gasteiger charge is -2.07. The highest BCUT2D eigenvalue weighted by Gasteiger charge is 2.05. The Morgan fingerprint density at radius 2 is 2.11 bits per heavy atom. The molecule has 6 heteroatoms. The Hall–Kier alpha value is -0.0400. The number of thioether (sulfide) groups is 1. The summed E-state index contributed by atoms with van der Waals surface area (Å²) in [6.45, 7) is 3.87. The van der Waals surface area contributed by atoms with E-state index in [-0.39, 0.29) is 5.75 Å². The number of hydrogen-bond acceptors (Lipinski definition) is 4. The number of rotatable bonds is 7. The van der Waals surface area contributed by atoms with Crippen molar-refractivity contribution in [3.8, 4) is 0 Å². The number of sulfone groups is 1. The van der Waals surface area contributed by atoms with Crippen LogP contribution in [0.2, 0.25) is 0 Å². The van der Waals surface area contributed by atoms with Gasteiger partial charge >= 0.3 is 0 Å². The van der Waals surface area contributed by atoms with Crippen molar-refractivity contribution in [3.63, 3.8) is 0 Å². The molecule has 1 aromatic rings. The van der Waals surface area contributed by atoms with Gasteiger partial charge in [0, 0.05) is 27.9 Å². The third-order valence-electron chi connectivity index (χ3n) is 2.29. The van der Waals surface area contributed by atoms with Crippen LogP contribution in [0.1, 0.15) is 12.5 Å². The Kier molecular flexibility index (Phi) is 6.70. The zero-order chi connectivity index (χ0) is 13.6. The molecule has 0 amide bonds. The van der Waals surface area contributed by atoms with Crippen molar-refractivity contribution < 1.29 is 8.42 Å². The van der Waals surface area contributed by atoms with Crippen molar-refractivity contribution in [2.24, 2.45) is 0 Å². The fourth-order valence-corrected chi connectivity index (χ4v) is 4.24. The number of benzene rings is 1. The van der Waals surface area contributed by atoms with Crippen LogP contribution in [0.4, 0.5) is 0 Å². The average molecular weight is 352 g/mol. The average Bonchev–Trinajstić information content (AvgIpc) is 2.27. The molecule has 0 spiro atoms. The summed E-state index contributed by atoms with van der Waals surface area (Å²) in [6, 6.07) is 6.17. The summed E-state index contributed by atoms with van der Waals surface area (Å²) >= 11 is 5.08. The minimum absolute atomic E-state index is 0.212. The predicted octanol–water partition coefficient (Wildman–Crippen LogP) is 2.70. The van der Waals surface area contributed by atoms with Gasteiger partial charge in [0.05, 0.1) is 5.75 Å². The summed E-state index contributed by atoms with van der Waals surface area (Å²) < 4.78 is 23.1. The Morgan fingerprint density at radius 3 is 2.67 bits per heavy atom. The molecule has 102 valence electrons. The van der Waals surface area contributed by atoms with Gasteiger partial charge in [0.2, 0.25) is 0 Å². The first-order valence-electron chi connectivity index (χ1n) is 5.72. The largest absolute Gasteiger partial charge is 0.313 e. The molecule has 0 bridgehead atoms. The molecule has 0 aliphatic heterocycles. The van der Waals surface area contributed by atoms with Crippen LogP contribution in [0.5, 0.6) is 0 Å². The standard InChI is InChI=1S/C12H18BrNO2S2/c1-3-14-9-10-4-5-12(11(13)8-10)17-6-7-18(2,15)16/h4-5,8,14H,3,6-7,9H2,1-2H3. The van der Waals surface area contributed by atoms with Gasteiger partial charge in [-0.2, -0.15) is 0 Å². The summed E-state index contributed by atoms with van der Waals surface area (Å²) in [5, 5.41) is 3.27. The van der Waals surface area contributed by atoms with E-state index in [4.69, 9.17) is 0 Å². The molecule has 0 saturated heterocycles. The van der Waals surface area contributed by atoms with E-state index in [9.17, 15) is 8.42 Å². The van der Waals surface area contributed by atoms with Gasteiger partial charge in [-0.1, -0.05) is 13.0 Å². The van der Waals surface area contributed by atoms with Crippen LogP contribution >= 0.6 is 27.7 Å². The van der Waals surface area contributed by atoms with Crippen molar-refractivity contribution in [1.82, 2.24) is 5.32 Å². The minimum atomic E-state index is -2.87. The summed E-state index contributed by atoms with van der Waals surface area (Å²) in [7, 11) is -2.87. The highest BCUT2D eigenvalue weighted by molar-refractivity contribution is 9.10. The highest BCUT2D eigenvalue weighted by atomic mass is 79.9. The van der Waals surface area contributed by atoms with Crippen molar-refractivity contribution in [2.75, 3.05) is 24.3 Å². The molecule has 0 saturated carbocycles. The number of halogens is 1. The zero-order valence-electron chi connectivity index (χ0n) is 10.6. The van der Waals surface area contributed by atoms with Gasteiger partial charge in [-0.3, -0.25) is 0 Å². The lowest BCUT2D eigenvalue weighted by molar-refractivity contribution is 0.603. The van der Waals surface area contributed by atoms with Gasteiger partial charge in [0.25, 0.3) is 0 Å². The second-order valence-corrected chi connectivity index (χ2v) is 8.27. The van der Waals surface area contributed by atoms with Crippen LogP contribution < -0.4 is 5.32 Å². The lowest BCUT2D eigenvalue weighted by atomic mass is 10.2. The molecule has 0 aliphatic carbocycles. The number of hydrogen-bond donors (Lipinski definition) is 1. The van der Waals surface area contributed by atoms with Gasteiger partial charge in [-0.25, -0.2) is 8.42 Å². The van der Waals surface area contributed by atoms with E-state index in [0.29, 0.717) is 5.75 Å². The molecular weight excluding hydrogens is 334 g/mol. The molecule has 1 N–H and O–H groups in total. The SMILES string of the molecule is CCNCc1ccc(SCCS(C)(=O)=O)c(Br)c1. The molecule has 0 atom stereocenters. The van der Waals surface area contributed by atoms with Crippen LogP contribution in [0.3, 0.4) is 0 Å². The fourth-order valence-electron chi connectivity index (χ4n) is 1.34. The topological polar surface area (TPSA) is 46.2 Å². The van der Waals surface area contributed by atoms with Gasteiger partial charge < -0.3 is 5.32 Å². The fraction of sp³-hybridized carbons (Fsp3) is 0.500. The van der Waals surface area contributed by atoms with E-state index < -0.39 is 9.84 Å². The Balaban J connectivity index is 2.57. The van der Waals surface area contributed by atoms with Gasteiger partial charge in [0.1, 0.15) is 9.84 Å². The summed E-state index contributed by atoms with van der Waals surface area (Å²) in [4.78, 5) is 1.08. The molecule has 1 aromatic carbocycles. The monoisotopic (exact) mass is 351 g/mol. The van der Waals surface area contributed by atoms with Crippen LogP contribution in [-0.2, 0) is 16.4 Å². The highest BCUT2D eigenvalue weighted by Crippen LogP contribution is 2.28. The van der Waals surface area contributed by atoms with E-state index in [1.165, 1.54) is 11.8 Å². The molecule has 3 nitrogen and oxygen atoms in total. The predicted molar refractivity (Wildman–Crippen MR) is 82.0 cm³/mol. The Labute approximate surface area is 122 Å². The van der Waals surface area contributed by atoms with Crippen molar-refractivity contribution in [2.45, 2.75) is 18.4 Å². The van der Waals surface area contributed by atoms with Crippen LogP contribution in [0.25, 0.3) is 0 Å². The molecule has 0 aromatic heterocycles. The molecule has 0 fully saturated rings. The van der Waals surface area contributed by atoms with Crippen LogP contribution in [0, 0.1) is 0 Å². The second-order valence-electron chi connectivity index (χ2n) is 4.02. The molecular formula is C12H18BrNO2S2. The molecule has 0 aliphatic rings. The Morgan fingerprint density at radius 1 is 1.39 bits per heavy atom. The summed E-state index contributed by atoms with van der Waals surface area (Å²) in [6.07, 6.45) is 1.27. The smallest absolute Gasteiger partial charge is 0.148 e. The van der Waals surface area contributed by atoms with Crippen LogP contribution in [0.15, 0.2) is 27.6 Å². The third-order valence-corrected chi connectivity index (χ3v) is 5.49. The van der Waals surface area contributed by atoms with Crippen LogP contribution in [-0.4, -0.2) is 32.7 Å². The normalized spacial score (nSPS) is 11.7. The van der Waals surface area contributed by atoms with Crippen molar-refractivity contribution in [3.05, 3.63) is 28.2 Å². The van der Waals surface area contributed by atoms with Gasteiger partial charge in [-0.15, -0.1) is 11.8 Å².